The van der Waals surface area contributed by atoms with Crippen molar-refractivity contribution in [2.75, 3.05) is 10.5 Å². The highest BCUT2D eigenvalue weighted by Gasteiger charge is 2.16. The molecule has 1 aromatic rings. The molecule has 6 heteroatoms. The van der Waals surface area contributed by atoms with Crippen molar-refractivity contribution in [3.05, 3.63) is 29.8 Å². The molecule has 18 heavy (non-hydrogen) atoms. The van der Waals surface area contributed by atoms with E-state index in [1.54, 1.807) is 12.1 Å². The van der Waals surface area contributed by atoms with Crippen LogP contribution in [-0.4, -0.2) is 25.2 Å². The van der Waals surface area contributed by atoms with Crippen LogP contribution in [0.25, 0.3) is 0 Å². The molecule has 1 aromatic carbocycles. The second-order valence-corrected chi connectivity index (χ2v) is 6.80. The molecule has 0 atom stereocenters. The first-order chi connectivity index (χ1) is 8.10. The van der Waals surface area contributed by atoms with Gasteiger partial charge in [-0.1, -0.05) is 32.9 Å². The zero-order valence-electron chi connectivity index (χ0n) is 10.6. The Balaban J connectivity index is 2.85. The minimum absolute atomic E-state index is 0.0154. The van der Waals surface area contributed by atoms with Crippen LogP contribution in [0.5, 0.6) is 0 Å². The van der Waals surface area contributed by atoms with Crippen LogP contribution in [0, 0.1) is 0 Å². The average molecular weight is 271 g/mol. The van der Waals surface area contributed by atoms with Gasteiger partial charge in [0.25, 0.3) is 0 Å². The van der Waals surface area contributed by atoms with Crippen LogP contribution in [0.1, 0.15) is 26.3 Å². The summed E-state index contributed by atoms with van der Waals surface area (Å²) >= 11 is 0. The van der Waals surface area contributed by atoms with E-state index in [2.05, 4.69) is 25.5 Å². The zero-order valence-corrected chi connectivity index (χ0v) is 11.4. The summed E-state index contributed by atoms with van der Waals surface area (Å²) in [5.41, 5.74) is 1.42. The lowest BCUT2D eigenvalue weighted by Crippen LogP contribution is -2.22. The molecule has 0 fully saturated rings. The van der Waals surface area contributed by atoms with E-state index < -0.39 is 21.7 Å². The summed E-state index contributed by atoms with van der Waals surface area (Å²) in [5.74, 6) is -2.32. The number of carboxylic acid groups (broad SMARTS) is 1. The summed E-state index contributed by atoms with van der Waals surface area (Å²) in [6, 6.07) is 6.89. The molecule has 0 radical (unpaired) electrons. The number of hydrogen-bond acceptors (Lipinski definition) is 3. The molecule has 1 rings (SSSR count). The van der Waals surface area contributed by atoms with Crippen LogP contribution in [-0.2, 0) is 20.2 Å². The maximum absolute atomic E-state index is 11.4. The molecule has 0 aliphatic rings. The molecule has 0 saturated carbocycles. The summed E-state index contributed by atoms with van der Waals surface area (Å²) in [7, 11) is -3.83. The lowest BCUT2D eigenvalue weighted by Gasteiger charge is -2.19. The number of rotatable bonds is 4. The van der Waals surface area contributed by atoms with Gasteiger partial charge >= 0.3 is 5.97 Å². The lowest BCUT2D eigenvalue weighted by molar-refractivity contribution is -0.134. The molecule has 0 aliphatic heterocycles. The van der Waals surface area contributed by atoms with E-state index in [1.807, 2.05) is 12.1 Å². The molecule has 0 saturated heterocycles. The number of hydrogen-bond donors (Lipinski definition) is 2. The summed E-state index contributed by atoms with van der Waals surface area (Å²) < 4.78 is 25.0. The fourth-order valence-corrected chi connectivity index (χ4v) is 2.31. The first kappa shape index (κ1) is 14.5. The largest absolute Gasteiger partial charge is 0.480 e. The van der Waals surface area contributed by atoms with Crippen LogP contribution in [0.4, 0.5) is 5.69 Å². The van der Waals surface area contributed by atoms with Gasteiger partial charge in [-0.3, -0.25) is 9.52 Å². The fourth-order valence-electron chi connectivity index (χ4n) is 1.42. The maximum Gasteiger partial charge on any atom is 0.320 e. The summed E-state index contributed by atoms with van der Waals surface area (Å²) in [5, 5.41) is 8.46. The van der Waals surface area contributed by atoms with Gasteiger partial charge in [0.1, 0.15) is 0 Å². The molecule has 0 aromatic heterocycles. The van der Waals surface area contributed by atoms with E-state index in [0.29, 0.717) is 5.69 Å². The number of aliphatic carboxylic acids is 1. The van der Waals surface area contributed by atoms with Gasteiger partial charge in [-0.05, 0) is 23.1 Å². The van der Waals surface area contributed by atoms with Crippen LogP contribution in [0.15, 0.2) is 24.3 Å². The molecular formula is C12H17NO4S. The number of nitrogens with one attached hydrogen (secondary N) is 1. The first-order valence-corrected chi connectivity index (χ1v) is 7.08. The van der Waals surface area contributed by atoms with Crippen LogP contribution in [0.2, 0.25) is 0 Å². The van der Waals surface area contributed by atoms with Crippen molar-refractivity contribution in [3.8, 4) is 0 Å². The maximum atomic E-state index is 11.4. The predicted molar refractivity (Wildman–Crippen MR) is 70.2 cm³/mol. The Morgan fingerprint density at radius 1 is 1.22 bits per heavy atom. The summed E-state index contributed by atoms with van der Waals surface area (Å²) in [4.78, 5) is 10.4. The molecule has 0 aliphatic carbocycles. The van der Waals surface area contributed by atoms with Crippen molar-refractivity contribution in [2.24, 2.45) is 0 Å². The number of anilines is 1. The van der Waals surface area contributed by atoms with Gasteiger partial charge in [-0.2, -0.15) is 0 Å². The topological polar surface area (TPSA) is 83.5 Å². The lowest BCUT2D eigenvalue weighted by atomic mass is 9.87. The molecule has 5 nitrogen and oxygen atoms in total. The SMILES string of the molecule is CC(C)(C)c1ccc(NS(=O)(=O)CC(=O)O)cc1. The fraction of sp³-hybridized carbons (Fsp3) is 0.417. The minimum atomic E-state index is -3.83. The highest BCUT2D eigenvalue weighted by Crippen LogP contribution is 2.23. The zero-order chi connectivity index (χ0) is 14.0. The second kappa shape index (κ2) is 4.97. The molecule has 100 valence electrons. The van der Waals surface area contributed by atoms with E-state index in [4.69, 9.17) is 5.11 Å². The van der Waals surface area contributed by atoms with Crippen molar-refractivity contribution in [1.82, 2.24) is 0 Å². The highest BCUT2D eigenvalue weighted by molar-refractivity contribution is 7.93. The van der Waals surface area contributed by atoms with Crippen molar-refractivity contribution in [1.29, 1.82) is 0 Å². The third-order valence-corrected chi connectivity index (χ3v) is 3.51. The van der Waals surface area contributed by atoms with Crippen molar-refractivity contribution < 1.29 is 18.3 Å². The number of carboxylic acids is 1. The van der Waals surface area contributed by atoms with E-state index in [0.717, 1.165) is 5.56 Å². The Kier molecular flexibility index (Phi) is 4.01. The van der Waals surface area contributed by atoms with Crippen LogP contribution in [0.3, 0.4) is 0 Å². The Morgan fingerprint density at radius 2 is 1.72 bits per heavy atom. The Labute approximate surface area is 107 Å². The molecule has 0 unspecified atom stereocenters. The monoisotopic (exact) mass is 271 g/mol. The van der Waals surface area contributed by atoms with Crippen LogP contribution >= 0.6 is 0 Å². The van der Waals surface area contributed by atoms with Gasteiger partial charge in [0.15, 0.2) is 5.75 Å². The number of carbonyl (C=O) groups is 1. The van der Waals surface area contributed by atoms with Gasteiger partial charge in [0.2, 0.25) is 10.0 Å². The van der Waals surface area contributed by atoms with Crippen molar-refractivity contribution in [2.45, 2.75) is 26.2 Å². The third-order valence-electron chi connectivity index (χ3n) is 2.34. The third kappa shape index (κ3) is 4.37. The van der Waals surface area contributed by atoms with Gasteiger partial charge in [-0.15, -0.1) is 0 Å². The van der Waals surface area contributed by atoms with Gasteiger partial charge in [0.05, 0.1) is 0 Å². The minimum Gasteiger partial charge on any atom is -0.480 e. The number of sulfonamides is 1. The summed E-state index contributed by atoms with van der Waals surface area (Å²) in [6.45, 7) is 6.16. The van der Waals surface area contributed by atoms with Crippen molar-refractivity contribution in [3.63, 3.8) is 0 Å². The normalized spacial score (nSPS) is 12.2. The van der Waals surface area contributed by atoms with Crippen molar-refractivity contribution >= 4 is 21.7 Å². The van der Waals surface area contributed by atoms with E-state index in [1.165, 1.54) is 0 Å². The van der Waals surface area contributed by atoms with E-state index in [-0.39, 0.29) is 5.41 Å². The molecule has 2 N–H and O–H groups in total. The predicted octanol–water partition coefficient (Wildman–Crippen LogP) is 1.81. The second-order valence-electron chi connectivity index (χ2n) is 5.08. The highest BCUT2D eigenvalue weighted by atomic mass is 32.2. The van der Waals surface area contributed by atoms with E-state index >= 15 is 0 Å². The molecule has 0 heterocycles. The Bertz CT molecular complexity index is 526. The molecule has 0 amide bonds. The molecular weight excluding hydrogens is 254 g/mol. The van der Waals surface area contributed by atoms with Gasteiger partial charge < -0.3 is 5.11 Å². The quantitative estimate of drug-likeness (QED) is 0.874. The van der Waals surface area contributed by atoms with E-state index in [9.17, 15) is 13.2 Å². The number of benzene rings is 1. The average Bonchev–Trinajstić information content (AvgIpc) is 2.13. The first-order valence-electron chi connectivity index (χ1n) is 5.43. The smallest absolute Gasteiger partial charge is 0.320 e. The summed E-state index contributed by atoms with van der Waals surface area (Å²) in [6.07, 6.45) is 0. The van der Waals surface area contributed by atoms with Gasteiger partial charge in [0, 0.05) is 5.69 Å². The molecule has 0 bridgehead atoms. The molecule has 0 spiro atoms. The van der Waals surface area contributed by atoms with Gasteiger partial charge in [-0.25, -0.2) is 8.42 Å². The Morgan fingerprint density at radius 3 is 2.11 bits per heavy atom. The standard InChI is InChI=1S/C12H17NO4S/c1-12(2,3)9-4-6-10(7-5-9)13-18(16,17)8-11(14)15/h4-7,13H,8H2,1-3H3,(H,14,15). The van der Waals surface area contributed by atoms with Crippen LogP contribution < -0.4 is 4.72 Å². The Hall–Kier alpha value is -1.56.